The van der Waals surface area contributed by atoms with Crippen LogP contribution in [-0.4, -0.2) is 18.1 Å². The van der Waals surface area contributed by atoms with E-state index in [0.29, 0.717) is 12.0 Å². The molecule has 0 amide bonds. The molecule has 0 aromatic heterocycles. The third-order valence-corrected chi connectivity index (χ3v) is 1.12. The van der Waals surface area contributed by atoms with Gasteiger partial charge in [0.1, 0.15) is 0 Å². The van der Waals surface area contributed by atoms with Gasteiger partial charge in [-0.2, -0.15) is 0 Å². The van der Waals surface area contributed by atoms with Gasteiger partial charge in [-0.15, -0.1) is 0 Å². The maximum atomic E-state index is 5.35. The van der Waals surface area contributed by atoms with Crippen molar-refractivity contribution in [2.24, 2.45) is 23.1 Å². The predicted molar refractivity (Wildman–Crippen MR) is 71.8 cm³/mol. The lowest BCUT2D eigenvalue weighted by atomic mass is 10.1. The molecule has 0 aromatic rings. The van der Waals surface area contributed by atoms with Gasteiger partial charge >= 0.3 is 0 Å². The Morgan fingerprint density at radius 1 is 1.07 bits per heavy atom. The normalized spacial score (nSPS) is 12.2. The first-order valence-electron chi connectivity index (χ1n) is 5.79. The van der Waals surface area contributed by atoms with Crippen LogP contribution in [0.1, 0.15) is 54.9 Å². The summed E-state index contributed by atoms with van der Waals surface area (Å²) in [7, 11) is 0. The summed E-state index contributed by atoms with van der Waals surface area (Å²) >= 11 is 0. The van der Waals surface area contributed by atoms with Crippen LogP contribution in [0.15, 0.2) is 0 Å². The summed E-state index contributed by atoms with van der Waals surface area (Å²) in [5.74, 6) is 0.662. The first-order chi connectivity index (χ1) is 6.54. The number of hydrogen-bond donors (Lipinski definition) is 3. The minimum Gasteiger partial charge on any atom is -0.330 e. The first-order valence-corrected chi connectivity index (χ1v) is 5.79. The van der Waals surface area contributed by atoms with E-state index in [4.69, 9.17) is 17.2 Å². The Hall–Kier alpha value is -0.120. The van der Waals surface area contributed by atoms with Crippen LogP contribution in [0.2, 0.25) is 0 Å². The second-order valence-corrected chi connectivity index (χ2v) is 5.38. The zero-order valence-electron chi connectivity index (χ0n) is 11.8. The lowest BCUT2D eigenvalue weighted by Crippen LogP contribution is -2.26. The van der Waals surface area contributed by atoms with Crippen molar-refractivity contribution in [1.82, 2.24) is 0 Å². The highest BCUT2D eigenvalue weighted by Crippen LogP contribution is 1.88. The van der Waals surface area contributed by atoms with Crippen molar-refractivity contribution in [3.63, 3.8) is 0 Å². The van der Waals surface area contributed by atoms with E-state index in [1.54, 1.807) is 0 Å². The van der Waals surface area contributed by atoms with Crippen molar-refractivity contribution < 1.29 is 0 Å². The van der Waals surface area contributed by atoms with E-state index in [1.165, 1.54) is 0 Å². The largest absolute Gasteiger partial charge is 0.330 e. The summed E-state index contributed by atoms with van der Waals surface area (Å²) in [5.41, 5.74) is 15.8. The standard InChI is InChI=1S/3C4H11N/c1-4(2,3)5;1-4(2)3-5;1-3-4(2)5/h5H2,1-3H3;2*4H,3,5H2,1-2H3. The number of rotatable bonds is 2. The molecule has 1 unspecified atom stereocenters. The summed E-state index contributed by atoms with van der Waals surface area (Å²) in [5, 5.41) is 0. The SMILES string of the molecule is CC(C)(C)N.CC(C)CN.CCC(C)N. The van der Waals surface area contributed by atoms with Gasteiger partial charge in [0, 0.05) is 11.6 Å². The minimum atomic E-state index is 0. The van der Waals surface area contributed by atoms with Gasteiger partial charge in [0.25, 0.3) is 0 Å². The monoisotopic (exact) mass is 219 g/mol. The lowest BCUT2D eigenvalue weighted by molar-refractivity contribution is 0.580. The first kappa shape index (κ1) is 20.3. The Bertz CT molecular complexity index is 89.9. The fourth-order valence-electron chi connectivity index (χ4n) is 0. The van der Waals surface area contributed by atoms with Gasteiger partial charge in [-0.05, 0) is 46.6 Å². The third-order valence-electron chi connectivity index (χ3n) is 1.12. The Kier molecular flexibility index (Phi) is 16.2. The third kappa shape index (κ3) is 130. The van der Waals surface area contributed by atoms with Gasteiger partial charge in [-0.3, -0.25) is 0 Å². The topological polar surface area (TPSA) is 78.1 Å². The molecule has 96 valence electrons. The molecule has 0 fully saturated rings. The lowest BCUT2D eigenvalue weighted by Gasteiger charge is -2.06. The van der Waals surface area contributed by atoms with Gasteiger partial charge in [-0.25, -0.2) is 0 Å². The zero-order valence-corrected chi connectivity index (χ0v) is 11.8. The average molecular weight is 219 g/mol. The van der Waals surface area contributed by atoms with Crippen LogP contribution < -0.4 is 17.2 Å². The predicted octanol–water partition coefficient (Wildman–Crippen LogP) is 2.09. The van der Waals surface area contributed by atoms with E-state index >= 15 is 0 Å². The van der Waals surface area contributed by atoms with Crippen LogP contribution in [0.25, 0.3) is 0 Å². The molecule has 3 heteroatoms. The van der Waals surface area contributed by atoms with E-state index in [0.717, 1.165) is 13.0 Å². The van der Waals surface area contributed by atoms with Crippen LogP contribution in [0, 0.1) is 5.92 Å². The highest BCUT2D eigenvalue weighted by molar-refractivity contribution is 4.60. The molecule has 0 aliphatic carbocycles. The second-order valence-electron chi connectivity index (χ2n) is 5.38. The molecule has 0 saturated carbocycles. The Morgan fingerprint density at radius 3 is 1.20 bits per heavy atom. The van der Waals surface area contributed by atoms with Crippen molar-refractivity contribution in [2.45, 2.75) is 66.5 Å². The summed E-state index contributed by atoms with van der Waals surface area (Å²) < 4.78 is 0. The summed E-state index contributed by atoms with van der Waals surface area (Å²) in [6.07, 6.45) is 1.08. The molecular formula is C12H33N3. The quantitative estimate of drug-likeness (QED) is 0.665. The van der Waals surface area contributed by atoms with Crippen LogP contribution in [0.4, 0.5) is 0 Å². The highest BCUT2D eigenvalue weighted by Gasteiger charge is 1.95. The van der Waals surface area contributed by atoms with Crippen molar-refractivity contribution in [3.8, 4) is 0 Å². The van der Waals surface area contributed by atoms with Gasteiger partial charge in [-0.1, -0.05) is 20.8 Å². The molecule has 0 bridgehead atoms. The van der Waals surface area contributed by atoms with Crippen LogP contribution in [-0.2, 0) is 0 Å². The minimum absolute atomic E-state index is 0. The molecule has 0 saturated heterocycles. The van der Waals surface area contributed by atoms with Crippen LogP contribution in [0.5, 0.6) is 0 Å². The molecule has 0 radical (unpaired) electrons. The Labute approximate surface area is 96.8 Å². The van der Waals surface area contributed by atoms with Gasteiger partial charge in [0.2, 0.25) is 0 Å². The molecule has 0 aliphatic rings. The van der Waals surface area contributed by atoms with Gasteiger partial charge < -0.3 is 17.2 Å². The molecule has 3 nitrogen and oxygen atoms in total. The van der Waals surface area contributed by atoms with Crippen LogP contribution in [0.3, 0.4) is 0 Å². The molecule has 0 aromatic carbocycles. The fraction of sp³-hybridized carbons (Fsp3) is 1.00. The van der Waals surface area contributed by atoms with E-state index in [1.807, 2.05) is 27.7 Å². The molecule has 0 rings (SSSR count). The Morgan fingerprint density at radius 2 is 1.20 bits per heavy atom. The van der Waals surface area contributed by atoms with E-state index in [9.17, 15) is 0 Å². The summed E-state index contributed by atoms with van der Waals surface area (Å²) in [6.45, 7) is 15.0. The highest BCUT2D eigenvalue weighted by atomic mass is 14.7. The van der Waals surface area contributed by atoms with Crippen LogP contribution >= 0.6 is 0 Å². The molecule has 0 aliphatic heterocycles. The zero-order chi connectivity index (χ0) is 13.1. The molecule has 1 atom stereocenters. The van der Waals surface area contributed by atoms with Crippen molar-refractivity contribution in [3.05, 3.63) is 0 Å². The molecule has 6 N–H and O–H groups in total. The maximum absolute atomic E-state index is 5.35. The van der Waals surface area contributed by atoms with E-state index < -0.39 is 0 Å². The average Bonchev–Trinajstić information content (AvgIpc) is 2.02. The smallest absolute Gasteiger partial charge is 0.00686 e. The molecule has 0 spiro atoms. The van der Waals surface area contributed by atoms with Gasteiger partial charge in [0.05, 0.1) is 0 Å². The number of hydrogen-bond acceptors (Lipinski definition) is 3. The fourth-order valence-corrected chi connectivity index (χ4v) is 0. The van der Waals surface area contributed by atoms with Crippen molar-refractivity contribution >= 4 is 0 Å². The van der Waals surface area contributed by atoms with Gasteiger partial charge in [0.15, 0.2) is 0 Å². The van der Waals surface area contributed by atoms with E-state index in [2.05, 4.69) is 20.8 Å². The van der Waals surface area contributed by atoms with Crippen molar-refractivity contribution in [1.29, 1.82) is 0 Å². The number of nitrogens with two attached hydrogens (primary N) is 3. The van der Waals surface area contributed by atoms with E-state index in [-0.39, 0.29) is 5.54 Å². The summed E-state index contributed by atoms with van der Waals surface area (Å²) in [6, 6.07) is 0.384. The van der Waals surface area contributed by atoms with Crippen molar-refractivity contribution in [2.75, 3.05) is 6.54 Å². The molecule has 0 heterocycles. The summed E-state index contributed by atoms with van der Waals surface area (Å²) in [4.78, 5) is 0. The molecule has 15 heavy (non-hydrogen) atoms. The molecular weight excluding hydrogens is 186 g/mol. The Balaban J connectivity index is -0.000000144. The maximum Gasteiger partial charge on any atom is 0.00686 e. The second kappa shape index (κ2) is 12.0.